The Morgan fingerprint density at radius 2 is 2.06 bits per heavy atom. The average molecular weight is 246 g/mol. The normalized spacial score (nSPS) is 16.5. The monoisotopic (exact) mass is 246 g/mol. The molecule has 0 radical (unpaired) electrons. The fourth-order valence-electron chi connectivity index (χ4n) is 2.61. The molecule has 18 heavy (non-hydrogen) atoms. The Labute approximate surface area is 109 Å². The molecule has 3 heteroatoms. The van der Waals surface area contributed by atoms with Crippen LogP contribution in [0, 0.1) is 12.8 Å². The van der Waals surface area contributed by atoms with Gasteiger partial charge in [-0.1, -0.05) is 25.3 Å². The number of anilines is 1. The van der Waals surface area contributed by atoms with E-state index in [-0.39, 0.29) is 5.91 Å². The molecule has 0 heterocycles. The van der Waals surface area contributed by atoms with Gasteiger partial charge in [-0.15, -0.1) is 0 Å². The van der Waals surface area contributed by atoms with Gasteiger partial charge < -0.3 is 11.1 Å². The van der Waals surface area contributed by atoms with Crippen LogP contribution in [0.2, 0.25) is 0 Å². The standard InChI is InChI=1S/C15H22N2O/c1-11-7-8-13(16)9-14(11)15(18)17-10-12-5-3-2-4-6-12/h7-9,12H,2-6,10,16H2,1H3,(H,17,18). The predicted octanol–water partition coefficient (Wildman–Crippen LogP) is 2.89. The van der Waals surface area contributed by atoms with Crippen molar-refractivity contribution in [1.29, 1.82) is 0 Å². The number of hydrogen-bond acceptors (Lipinski definition) is 2. The maximum Gasteiger partial charge on any atom is 0.251 e. The average Bonchev–Trinajstić information content (AvgIpc) is 2.40. The number of nitrogens with one attached hydrogen (secondary N) is 1. The molecule has 1 aromatic carbocycles. The van der Waals surface area contributed by atoms with Crippen molar-refractivity contribution >= 4 is 11.6 Å². The van der Waals surface area contributed by atoms with Crippen LogP contribution in [0.3, 0.4) is 0 Å². The van der Waals surface area contributed by atoms with E-state index < -0.39 is 0 Å². The Bertz CT molecular complexity index is 423. The smallest absolute Gasteiger partial charge is 0.251 e. The Morgan fingerprint density at radius 1 is 1.33 bits per heavy atom. The highest BCUT2D eigenvalue weighted by atomic mass is 16.1. The Morgan fingerprint density at radius 3 is 2.78 bits per heavy atom. The number of amides is 1. The third-order valence-corrected chi connectivity index (χ3v) is 3.78. The van der Waals surface area contributed by atoms with Crippen molar-refractivity contribution in [2.45, 2.75) is 39.0 Å². The van der Waals surface area contributed by atoms with Crippen LogP contribution in [-0.4, -0.2) is 12.5 Å². The molecule has 1 amide bonds. The molecular formula is C15H22N2O. The summed E-state index contributed by atoms with van der Waals surface area (Å²) in [5.74, 6) is 0.662. The summed E-state index contributed by atoms with van der Waals surface area (Å²) in [4.78, 5) is 12.1. The Balaban J connectivity index is 1.92. The summed E-state index contributed by atoms with van der Waals surface area (Å²) in [6.45, 7) is 2.74. The fraction of sp³-hybridized carbons (Fsp3) is 0.533. The van der Waals surface area contributed by atoms with Gasteiger partial charge in [0, 0.05) is 17.8 Å². The lowest BCUT2D eigenvalue weighted by atomic mass is 9.89. The van der Waals surface area contributed by atoms with E-state index >= 15 is 0 Å². The molecule has 0 saturated heterocycles. The summed E-state index contributed by atoms with van der Waals surface area (Å²) >= 11 is 0. The third-order valence-electron chi connectivity index (χ3n) is 3.78. The van der Waals surface area contributed by atoms with Crippen LogP contribution < -0.4 is 11.1 Å². The lowest BCUT2D eigenvalue weighted by Gasteiger charge is -2.21. The van der Waals surface area contributed by atoms with Crippen molar-refractivity contribution < 1.29 is 4.79 Å². The number of carbonyl (C=O) groups is 1. The molecule has 0 atom stereocenters. The largest absolute Gasteiger partial charge is 0.399 e. The lowest BCUT2D eigenvalue weighted by molar-refractivity contribution is 0.0943. The predicted molar refractivity (Wildman–Crippen MR) is 74.5 cm³/mol. The number of nitrogens with two attached hydrogens (primary N) is 1. The SMILES string of the molecule is Cc1ccc(N)cc1C(=O)NCC1CCCCC1. The molecular weight excluding hydrogens is 224 g/mol. The second-order valence-electron chi connectivity index (χ2n) is 5.29. The van der Waals surface area contributed by atoms with Gasteiger partial charge in [0.1, 0.15) is 0 Å². The first-order valence-corrected chi connectivity index (χ1v) is 6.81. The lowest BCUT2D eigenvalue weighted by Crippen LogP contribution is -2.30. The first kappa shape index (κ1) is 12.9. The zero-order chi connectivity index (χ0) is 13.0. The van der Waals surface area contributed by atoms with E-state index in [1.54, 1.807) is 6.07 Å². The molecule has 0 bridgehead atoms. The van der Waals surface area contributed by atoms with Gasteiger partial charge in [-0.05, 0) is 43.4 Å². The molecule has 2 rings (SSSR count). The second kappa shape index (κ2) is 5.89. The summed E-state index contributed by atoms with van der Waals surface area (Å²) in [7, 11) is 0. The Kier molecular flexibility index (Phi) is 4.24. The van der Waals surface area contributed by atoms with Gasteiger partial charge in [0.25, 0.3) is 5.91 Å². The van der Waals surface area contributed by atoms with Gasteiger partial charge in [0.05, 0.1) is 0 Å². The molecule has 3 N–H and O–H groups in total. The molecule has 1 aliphatic carbocycles. The van der Waals surface area contributed by atoms with Crippen molar-refractivity contribution in [3.63, 3.8) is 0 Å². The third kappa shape index (κ3) is 3.25. The first-order chi connectivity index (χ1) is 8.66. The molecule has 3 nitrogen and oxygen atoms in total. The van der Waals surface area contributed by atoms with Crippen LogP contribution in [0.25, 0.3) is 0 Å². The quantitative estimate of drug-likeness (QED) is 0.806. The van der Waals surface area contributed by atoms with Crippen molar-refractivity contribution in [1.82, 2.24) is 5.32 Å². The van der Waals surface area contributed by atoms with Gasteiger partial charge >= 0.3 is 0 Å². The number of hydrogen-bond donors (Lipinski definition) is 2. The van der Waals surface area contributed by atoms with Crippen LogP contribution in [0.1, 0.15) is 48.0 Å². The number of nitrogen functional groups attached to an aromatic ring is 1. The molecule has 0 aliphatic heterocycles. The van der Waals surface area contributed by atoms with E-state index in [1.165, 1.54) is 32.1 Å². The summed E-state index contributed by atoms with van der Waals surface area (Å²) in [5.41, 5.74) is 8.04. The topological polar surface area (TPSA) is 55.1 Å². The minimum Gasteiger partial charge on any atom is -0.399 e. The van der Waals surface area contributed by atoms with Crippen molar-refractivity contribution in [3.8, 4) is 0 Å². The molecule has 1 aliphatic rings. The van der Waals surface area contributed by atoms with E-state index in [0.717, 1.165) is 12.1 Å². The molecule has 1 fully saturated rings. The molecule has 0 unspecified atom stereocenters. The number of carbonyl (C=O) groups excluding carboxylic acids is 1. The van der Waals surface area contributed by atoms with E-state index in [1.807, 2.05) is 19.1 Å². The van der Waals surface area contributed by atoms with E-state index in [2.05, 4.69) is 5.32 Å². The summed E-state index contributed by atoms with van der Waals surface area (Å²) < 4.78 is 0. The first-order valence-electron chi connectivity index (χ1n) is 6.81. The highest BCUT2D eigenvalue weighted by Crippen LogP contribution is 2.23. The van der Waals surface area contributed by atoms with E-state index in [0.29, 0.717) is 17.2 Å². The van der Waals surface area contributed by atoms with Gasteiger partial charge in [0.2, 0.25) is 0 Å². The molecule has 1 saturated carbocycles. The summed E-state index contributed by atoms with van der Waals surface area (Å²) in [6.07, 6.45) is 6.45. The minimum absolute atomic E-state index is 0.00498. The van der Waals surface area contributed by atoms with Crippen LogP contribution in [0.5, 0.6) is 0 Å². The van der Waals surface area contributed by atoms with Gasteiger partial charge in [0.15, 0.2) is 0 Å². The van der Waals surface area contributed by atoms with Crippen LogP contribution in [0.15, 0.2) is 18.2 Å². The maximum absolute atomic E-state index is 12.1. The van der Waals surface area contributed by atoms with Crippen molar-refractivity contribution in [2.24, 2.45) is 5.92 Å². The highest BCUT2D eigenvalue weighted by molar-refractivity contribution is 5.96. The summed E-state index contributed by atoms with van der Waals surface area (Å²) in [5, 5.41) is 3.04. The van der Waals surface area contributed by atoms with Crippen LogP contribution in [0.4, 0.5) is 5.69 Å². The zero-order valence-corrected chi connectivity index (χ0v) is 11.0. The molecule has 98 valence electrons. The van der Waals surface area contributed by atoms with Crippen molar-refractivity contribution in [2.75, 3.05) is 12.3 Å². The number of aryl methyl sites for hydroxylation is 1. The van der Waals surface area contributed by atoms with Gasteiger partial charge in [-0.25, -0.2) is 0 Å². The Hall–Kier alpha value is -1.51. The van der Waals surface area contributed by atoms with Gasteiger partial charge in [-0.2, -0.15) is 0 Å². The van der Waals surface area contributed by atoms with Gasteiger partial charge in [-0.3, -0.25) is 4.79 Å². The number of benzene rings is 1. The van der Waals surface area contributed by atoms with E-state index in [9.17, 15) is 4.79 Å². The van der Waals surface area contributed by atoms with Crippen LogP contribution in [-0.2, 0) is 0 Å². The summed E-state index contributed by atoms with van der Waals surface area (Å²) in [6, 6.07) is 5.48. The number of rotatable bonds is 3. The highest BCUT2D eigenvalue weighted by Gasteiger charge is 2.15. The maximum atomic E-state index is 12.1. The zero-order valence-electron chi connectivity index (χ0n) is 11.0. The molecule has 0 aromatic heterocycles. The second-order valence-corrected chi connectivity index (χ2v) is 5.29. The van der Waals surface area contributed by atoms with Crippen LogP contribution >= 0.6 is 0 Å². The molecule has 1 aromatic rings. The molecule has 0 spiro atoms. The minimum atomic E-state index is 0.00498. The van der Waals surface area contributed by atoms with E-state index in [4.69, 9.17) is 5.73 Å². The fourth-order valence-corrected chi connectivity index (χ4v) is 2.61. The van der Waals surface area contributed by atoms with Crippen molar-refractivity contribution in [3.05, 3.63) is 29.3 Å².